The van der Waals surface area contributed by atoms with E-state index >= 15 is 0 Å². The Hall–Kier alpha value is -2.09. The Morgan fingerprint density at radius 2 is 1.83 bits per heavy atom. The number of fused-ring (bicyclic) bond motifs is 1. The fraction of sp³-hybridized carbons (Fsp3) is 0.381. The number of hydrogen-bond acceptors (Lipinski definition) is 1. The molecule has 0 fully saturated rings. The predicted octanol–water partition coefficient (Wildman–Crippen LogP) is 5.16. The molecule has 0 aliphatic carbocycles. The first kappa shape index (κ1) is 15.8. The molecule has 1 aromatic carbocycles. The number of hydrogen-bond donors (Lipinski definition) is 0. The molecule has 2 heterocycles. The zero-order valence-electron chi connectivity index (χ0n) is 14.7. The van der Waals surface area contributed by atoms with Crippen LogP contribution in [0.1, 0.15) is 41.3 Å². The lowest BCUT2D eigenvalue weighted by Crippen LogP contribution is -2.03. The molecule has 23 heavy (non-hydrogen) atoms. The number of rotatable bonds is 5. The molecule has 3 aromatic rings. The summed E-state index contributed by atoms with van der Waals surface area (Å²) in [6.45, 7) is 10.1. The van der Waals surface area contributed by atoms with Crippen molar-refractivity contribution in [3.05, 3.63) is 64.6 Å². The second-order valence-electron chi connectivity index (χ2n) is 6.46. The van der Waals surface area contributed by atoms with Gasteiger partial charge >= 0.3 is 0 Å². The molecule has 0 unspecified atom stereocenters. The first-order chi connectivity index (χ1) is 11.1. The largest absolute Gasteiger partial charge is 0.344 e. The summed E-state index contributed by atoms with van der Waals surface area (Å²) < 4.78 is 2.53. The first-order valence-corrected chi connectivity index (χ1v) is 8.60. The Labute approximate surface area is 139 Å². The quantitative estimate of drug-likeness (QED) is 0.637. The van der Waals surface area contributed by atoms with Crippen LogP contribution in [-0.4, -0.2) is 9.55 Å². The van der Waals surface area contributed by atoms with Crippen LogP contribution in [0.25, 0.3) is 10.9 Å². The van der Waals surface area contributed by atoms with E-state index in [1.165, 1.54) is 38.9 Å². The smallest absolute Gasteiger partial charge is 0.0517 e. The molecule has 0 saturated heterocycles. The van der Waals surface area contributed by atoms with Gasteiger partial charge in [-0.05, 0) is 68.4 Å². The molecule has 0 spiro atoms. The molecule has 0 N–H and O–H groups in total. The molecular formula is C21H26N2. The van der Waals surface area contributed by atoms with Crippen LogP contribution in [0.2, 0.25) is 0 Å². The normalized spacial score (nSPS) is 11.3. The zero-order valence-corrected chi connectivity index (χ0v) is 14.7. The van der Waals surface area contributed by atoms with Gasteiger partial charge in [0.1, 0.15) is 0 Å². The van der Waals surface area contributed by atoms with Crippen LogP contribution in [0.3, 0.4) is 0 Å². The van der Waals surface area contributed by atoms with Crippen LogP contribution < -0.4 is 0 Å². The van der Waals surface area contributed by atoms with E-state index in [1.54, 1.807) is 0 Å². The lowest BCUT2D eigenvalue weighted by molar-refractivity contribution is 0.644. The van der Waals surface area contributed by atoms with Gasteiger partial charge in [-0.15, -0.1) is 0 Å². The summed E-state index contributed by atoms with van der Waals surface area (Å²) in [6, 6.07) is 8.71. The molecule has 0 bridgehead atoms. The Balaban J connectivity index is 1.94. The average Bonchev–Trinajstić information content (AvgIpc) is 2.85. The monoisotopic (exact) mass is 306 g/mol. The zero-order chi connectivity index (χ0) is 16.4. The third kappa shape index (κ3) is 2.90. The van der Waals surface area contributed by atoms with Crippen molar-refractivity contribution in [1.29, 1.82) is 0 Å². The van der Waals surface area contributed by atoms with E-state index < -0.39 is 0 Å². The van der Waals surface area contributed by atoms with Gasteiger partial charge in [-0.25, -0.2) is 0 Å². The number of benzene rings is 1. The maximum atomic E-state index is 4.21. The lowest BCUT2D eigenvalue weighted by Gasteiger charge is -2.11. The van der Waals surface area contributed by atoms with E-state index in [-0.39, 0.29) is 0 Å². The fourth-order valence-corrected chi connectivity index (χ4v) is 3.74. The molecular weight excluding hydrogens is 280 g/mol. The SMILES string of the molecule is CCc1c(C)n(CCCc2cccnc2)c2c(C)ccc(C)c12. The van der Waals surface area contributed by atoms with Crippen LogP contribution in [0.4, 0.5) is 0 Å². The van der Waals surface area contributed by atoms with Gasteiger partial charge in [-0.2, -0.15) is 0 Å². The van der Waals surface area contributed by atoms with Crippen molar-refractivity contribution in [2.75, 3.05) is 0 Å². The summed E-state index contributed by atoms with van der Waals surface area (Å²) in [5, 5.41) is 1.48. The summed E-state index contributed by atoms with van der Waals surface area (Å²) in [6.07, 6.45) is 7.15. The van der Waals surface area contributed by atoms with E-state index in [0.717, 1.165) is 25.8 Å². The minimum absolute atomic E-state index is 1.07. The van der Waals surface area contributed by atoms with Crippen LogP contribution >= 0.6 is 0 Å². The minimum Gasteiger partial charge on any atom is -0.344 e. The predicted molar refractivity (Wildman–Crippen MR) is 98.1 cm³/mol. The van der Waals surface area contributed by atoms with Crippen molar-refractivity contribution in [2.45, 2.75) is 53.5 Å². The van der Waals surface area contributed by atoms with Crippen LogP contribution in [0, 0.1) is 20.8 Å². The maximum Gasteiger partial charge on any atom is 0.0517 e. The Morgan fingerprint density at radius 3 is 2.52 bits per heavy atom. The van der Waals surface area contributed by atoms with Crippen molar-refractivity contribution in [3.8, 4) is 0 Å². The molecule has 0 aliphatic heterocycles. The van der Waals surface area contributed by atoms with E-state index in [4.69, 9.17) is 0 Å². The number of nitrogens with zero attached hydrogens (tertiary/aromatic N) is 2. The van der Waals surface area contributed by atoms with E-state index in [1.807, 2.05) is 18.5 Å². The fourth-order valence-electron chi connectivity index (χ4n) is 3.74. The van der Waals surface area contributed by atoms with Gasteiger partial charge < -0.3 is 4.57 Å². The highest BCUT2D eigenvalue weighted by Gasteiger charge is 2.16. The lowest BCUT2D eigenvalue weighted by atomic mass is 10.0. The average molecular weight is 306 g/mol. The third-order valence-electron chi connectivity index (χ3n) is 4.92. The minimum atomic E-state index is 1.07. The second kappa shape index (κ2) is 6.57. The molecule has 120 valence electrons. The number of pyridine rings is 1. The van der Waals surface area contributed by atoms with Gasteiger partial charge in [0.2, 0.25) is 0 Å². The standard InChI is InChI=1S/C21H26N2/c1-5-19-17(4)23(13-7-9-18-8-6-12-22-14-18)21-16(3)11-10-15(2)20(19)21/h6,8,10-12,14H,5,7,9,13H2,1-4H3. The highest BCUT2D eigenvalue weighted by atomic mass is 15.0. The van der Waals surface area contributed by atoms with Gasteiger partial charge in [0.05, 0.1) is 5.52 Å². The molecule has 0 saturated carbocycles. The highest BCUT2D eigenvalue weighted by Crippen LogP contribution is 2.31. The molecule has 2 nitrogen and oxygen atoms in total. The summed E-state index contributed by atoms with van der Waals surface area (Å²) in [5.74, 6) is 0. The van der Waals surface area contributed by atoms with Gasteiger partial charge in [0, 0.05) is 30.0 Å². The van der Waals surface area contributed by atoms with Gasteiger partial charge in [-0.1, -0.05) is 25.1 Å². The topological polar surface area (TPSA) is 17.8 Å². The van der Waals surface area contributed by atoms with Crippen LogP contribution in [0.15, 0.2) is 36.7 Å². The Kier molecular flexibility index (Phi) is 4.51. The maximum absolute atomic E-state index is 4.21. The van der Waals surface area contributed by atoms with Crippen molar-refractivity contribution in [3.63, 3.8) is 0 Å². The molecule has 0 atom stereocenters. The van der Waals surface area contributed by atoms with Crippen molar-refractivity contribution in [1.82, 2.24) is 9.55 Å². The molecule has 2 heteroatoms. The number of aryl methyl sites for hydroxylation is 5. The van der Waals surface area contributed by atoms with Gasteiger partial charge in [0.25, 0.3) is 0 Å². The van der Waals surface area contributed by atoms with E-state index in [9.17, 15) is 0 Å². The Morgan fingerprint density at radius 1 is 1.04 bits per heavy atom. The molecule has 3 rings (SSSR count). The summed E-state index contributed by atoms with van der Waals surface area (Å²) in [7, 11) is 0. The molecule has 0 aliphatic rings. The van der Waals surface area contributed by atoms with Crippen LogP contribution in [0.5, 0.6) is 0 Å². The molecule has 0 radical (unpaired) electrons. The van der Waals surface area contributed by atoms with Crippen molar-refractivity contribution < 1.29 is 0 Å². The van der Waals surface area contributed by atoms with Crippen molar-refractivity contribution >= 4 is 10.9 Å². The Bertz CT molecular complexity index is 813. The second-order valence-corrected chi connectivity index (χ2v) is 6.46. The first-order valence-electron chi connectivity index (χ1n) is 8.60. The number of aromatic nitrogens is 2. The summed E-state index contributed by atoms with van der Waals surface area (Å²) >= 11 is 0. The van der Waals surface area contributed by atoms with Gasteiger partial charge in [-0.3, -0.25) is 4.98 Å². The highest BCUT2D eigenvalue weighted by molar-refractivity contribution is 5.91. The molecule has 2 aromatic heterocycles. The van der Waals surface area contributed by atoms with E-state index in [0.29, 0.717) is 0 Å². The third-order valence-corrected chi connectivity index (χ3v) is 4.92. The molecule has 0 amide bonds. The summed E-state index contributed by atoms with van der Waals surface area (Å²) in [4.78, 5) is 4.21. The van der Waals surface area contributed by atoms with Crippen LogP contribution in [-0.2, 0) is 19.4 Å². The van der Waals surface area contributed by atoms with Crippen molar-refractivity contribution in [2.24, 2.45) is 0 Å². The van der Waals surface area contributed by atoms with E-state index in [2.05, 4.69) is 55.4 Å². The summed E-state index contributed by atoms with van der Waals surface area (Å²) in [5.41, 5.74) is 8.50. The van der Waals surface area contributed by atoms with Gasteiger partial charge in [0.15, 0.2) is 0 Å².